The summed E-state index contributed by atoms with van der Waals surface area (Å²) in [4.78, 5) is 12.0. The van der Waals surface area contributed by atoms with E-state index in [0.29, 0.717) is 11.6 Å². The zero-order valence-corrected chi connectivity index (χ0v) is 15.6. The van der Waals surface area contributed by atoms with E-state index in [1.165, 1.54) is 0 Å². The smallest absolute Gasteiger partial charge is 0.310 e. The Hall–Kier alpha value is -0.0100. The first-order valence-electron chi connectivity index (χ1n) is 6.01. The van der Waals surface area contributed by atoms with Gasteiger partial charge in [0, 0.05) is 10.2 Å². The first-order valence-corrected chi connectivity index (χ1v) is 11.0. The van der Waals surface area contributed by atoms with E-state index in [9.17, 15) is 4.79 Å². The summed E-state index contributed by atoms with van der Waals surface area (Å²) in [6.45, 7) is 0.958. The van der Waals surface area contributed by atoms with Crippen LogP contribution >= 0.6 is 48.9 Å². The third-order valence-corrected chi connectivity index (χ3v) is 6.59. The molecule has 0 saturated heterocycles. The number of nitrogens with zero attached hydrogens (tertiary/aromatic N) is 1. The quantitative estimate of drug-likeness (QED) is 0.709. The van der Waals surface area contributed by atoms with Crippen molar-refractivity contribution in [2.24, 2.45) is 0 Å². The highest BCUT2D eigenvalue weighted by molar-refractivity contribution is 9.10. The van der Waals surface area contributed by atoms with Gasteiger partial charge in [-0.3, -0.25) is 9.36 Å². The van der Waals surface area contributed by atoms with Crippen LogP contribution in [0.15, 0.2) is 21.4 Å². The number of rotatable bonds is 5. The first kappa shape index (κ1) is 16.4. The molecule has 0 unspecified atom stereocenters. The van der Waals surface area contributed by atoms with Gasteiger partial charge in [0.15, 0.2) is 0 Å². The maximum absolute atomic E-state index is 12.0. The van der Waals surface area contributed by atoms with Gasteiger partial charge in [0.25, 0.3) is 0 Å². The number of aromatic nitrogens is 1. The highest BCUT2D eigenvalue weighted by Gasteiger charge is 2.12. The van der Waals surface area contributed by atoms with Gasteiger partial charge in [0.2, 0.25) is 0 Å². The van der Waals surface area contributed by atoms with E-state index < -0.39 is 10.0 Å². The maximum Gasteiger partial charge on any atom is 0.310 e. The van der Waals surface area contributed by atoms with Gasteiger partial charge in [-0.05, 0) is 46.8 Å². The summed E-state index contributed by atoms with van der Waals surface area (Å²) in [5.41, 5.74) is 0.830. The van der Waals surface area contributed by atoms with Crippen LogP contribution in [-0.4, -0.2) is 35.7 Å². The van der Waals surface area contributed by atoms with Crippen molar-refractivity contribution in [3.05, 3.63) is 31.3 Å². The highest BCUT2D eigenvalue weighted by atomic mass is 79.9. The highest BCUT2D eigenvalue weighted by Crippen LogP contribution is 2.34. The van der Waals surface area contributed by atoms with Crippen LogP contribution in [0.5, 0.6) is 0 Å². The predicted octanol–water partition coefficient (Wildman–Crippen LogP) is 4.15. The summed E-state index contributed by atoms with van der Waals surface area (Å²) in [6.07, 6.45) is 6.75. The SMILES string of the molecule is CS(C)(C)CCOCn1c(=O)sc2c(Cl)c(Br)ccc21. The Bertz CT molecular complexity index is 675. The van der Waals surface area contributed by atoms with Crippen LogP contribution in [0.25, 0.3) is 10.2 Å². The van der Waals surface area contributed by atoms with Crippen LogP contribution in [0.4, 0.5) is 0 Å². The van der Waals surface area contributed by atoms with Gasteiger partial charge in [-0.25, -0.2) is 10.0 Å². The Morgan fingerprint density at radius 1 is 1.40 bits per heavy atom. The number of fused-ring (bicyclic) bond motifs is 1. The van der Waals surface area contributed by atoms with Crippen molar-refractivity contribution < 1.29 is 4.74 Å². The van der Waals surface area contributed by atoms with Gasteiger partial charge >= 0.3 is 4.87 Å². The van der Waals surface area contributed by atoms with E-state index in [2.05, 4.69) is 34.7 Å². The molecule has 0 aliphatic heterocycles. The van der Waals surface area contributed by atoms with E-state index in [0.717, 1.165) is 31.8 Å². The van der Waals surface area contributed by atoms with Crippen LogP contribution in [-0.2, 0) is 11.5 Å². The zero-order chi connectivity index (χ0) is 14.9. The molecular formula is C13H17BrClNO2S2. The molecule has 0 bridgehead atoms. The largest absolute Gasteiger partial charge is 0.360 e. The predicted molar refractivity (Wildman–Crippen MR) is 95.0 cm³/mol. The Kier molecular flexibility index (Phi) is 5.24. The fourth-order valence-electron chi connectivity index (χ4n) is 1.66. The van der Waals surface area contributed by atoms with Crippen LogP contribution in [0, 0.1) is 0 Å². The van der Waals surface area contributed by atoms with E-state index in [-0.39, 0.29) is 11.6 Å². The number of thiazole rings is 1. The average molecular weight is 399 g/mol. The molecule has 0 atom stereocenters. The number of benzene rings is 1. The van der Waals surface area contributed by atoms with Crippen molar-refractivity contribution in [2.75, 3.05) is 31.1 Å². The lowest BCUT2D eigenvalue weighted by molar-refractivity contribution is 0.0913. The topological polar surface area (TPSA) is 31.2 Å². The minimum Gasteiger partial charge on any atom is -0.360 e. The van der Waals surface area contributed by atoms with E-state index in [1.807, 2.05) is 12.1 Å². The summed E-state index contributed by atoms with van der Waals surface area (Å²) in [7, 11) is -0.567. The van der Waals surface area contributed by atoms with Crippen molar-refractivity contribution in [3.63, 3.8) is 0 Å². The standard InChI is InChI=1S/C13H17BrClNO2S2/c1-20(2,3)7-6-18-8-16-10-5-4-9(14)11(15)12(10)19-13(16)17/h4-5H,6-8H2,1-3H3. The summed E-state index contributed by atoms with van der Waals surface area (Å²) in [5, 5.41) is 0.586. The molecule has 2 aromatic rings. The second-order valence-electron chi connectivity index (χ2n) is 5.34. The lowest BCUT2D eigenvalue weighted by Crippen LogP contribution is -2.17. The van der Waals surface area contributed by atoms with E-state index >= 15 is 0 Å². The van der Waals surface area contributed by atoms with E-state index in [4.69, 9.17) is 16.3 Å². The molecule has 2 rings (SSSR count). The maximum atomic E-state index is 12.0. The monoisotopic (exact) mass is 397 g/mol. The van der Waals surface area contributed by atoms with Gasteiger partial charge < -0.3 is 4.74 Å². The third-order valence-electron chi connectivity index (χ3n) is 2.79. The molecule has 112 valence electrons. The number of ether oxygens (including phenoxy) is 1. The van der Waals surface area contributed by atoms with Crippen molar-refractivity contribution in [2.45, 2.75) is 6.73 Å². The molecule has 1 aromatic carbocycles. The van der Waals surface area contributed by atoms with Gasteiger partial charge in [-0.1, -0.05) is 22.9 Å². The molecular weight excluding hydrogens is 382 g/mol. The zero-order valence-electron chi connectivity index (χ0n) is 11.6. The minimum absolute atomic E-state index is 0.0388. The second kappa shape index (κ2) is 6.40. The molecule has 3 nitrogen and oxygen atoms in total. The molecule has 0 N–H and O–H groups in total. The third kappa shape index (κ3) is 3.80. The first-order chi connectivity index (χ1) is 9.29. The van der Waals surface area contributed by atoms with Gasteiger partial charge in [0.1, 0.15) is 6.73 Å². The van der Waals surface area contributed by atoms with Crippen LogP contribution < -0.4 is 4.87 Å². The Labute approximate surface area is 137 Å². The Morgan fingerprint density at radius 2 is 2.10 bits per heavy atom. The average Bonchev–Trinajstić information content (AvgIpc) is 2.66. The molecule has 1 aromatic heterocycles. The summed E-state index contributed by atoms with van der Waals surface area (Å²) >= 11 is 10.7. The molecule has 0 radical (unpaired) electrons. The lowest BCUT2D eigenvalue weighted by Gasteiger charge is -2.24. The number of hydrogen-bond donors (Lipinski definition) is 0. The molecule has 0 fully saturated rings. The summed E-state index contributed by atoms with van der Waals surface area (Å²) in [5.74, 6) is 1.04. The molecule has 0 aliphatic rings. The van der Waals surface area contributed by atoms with Gasteiger partial charge in [-0.15, -0.1) is 0 Å². The molecule has 1 heterocycles. The number of hydrogen-bond acceptors (Lipinski definition) is 3. The van der Waals surface area contributed by atoms with Crippen LogP contribution in [0.3, 0.4) is 0 Å². The minimum atomic E-state index is -0.567. The normalized spacial score (nSPS) is 13.1. The van der Waals surface area contributed by atoms with Crippen LogP contribution in [0.2, 0.25) is 5.02 Å². The molecule has 0 spiro atoms. The lowest BCUT2D eigenvalue weighted by atomic mass is 10.3. The van der Waals surface area contributed by atoms with E-state index in [1.54, 1.807) is 4.57 Å². The van der Waals surface area contributed by atoms with Crippen molar-refractivity contribution in [1.29, 1.82) is 0 Å². The van der Waals surface area contributed by atoms with Crippen molar-refractivity contribution in [1.82, 2.24) is 4.57 Å². The summed E-state index contributed by atoms with van der Waals surface area (Å²) in [6, 6.07) is 3.74. The fourth-order valence-corrected chi connectivity index (χ4v) is 3.93. The molecule has 20 heavy (non-hydrogen) atoms. The van der Waals surface area contributed by atoms with Gasteiger partial charge in [-0.2, -0.15) is 0 Å². The fraction of sp³-hybridized carbons (Fsp3) is 0.462. The van der Waals surface area contributed by atoms with Gasteiger partial charge in [0.05, 0.1) is 21.8 Å². The van der Waals surface area contributed by atoms with Crippen molar-refractivity contribution >= 4 is 59.1 Å². The Morgan fingerprint density at radius 3 is 2.75 bits per heavy atom. The Balaban J connectivity index is 2.17. The molecule has 7 heteroatoms. The molecule has 0 saturated carbocycles. The molecule has 0 aliphatic carbocycles. The van der Waals surface area contributed by atoms with Crippen molar-refractivity contribution in [3.8, 4) is 0 Å². The van der Waals surface area contributed by atoms with Crippen LogP contribution in [0.1, 0.15) is 0 Å². The second-order valence-corrected chi connectivity index (χ2v) is 12.1. The summed E-state index contributed by atoms with van der Waals surface area (Å²) < 4.78 is 8.89. The molecule has 0 amide bonds. The number of halogens is 2.